The molecule has 0 spiro atoms. The lowest BCUT2D eigenvalue weighted by molar-refractivity contribution is 0.119. The zero-order chi connectivity index (χ0) is 17.5. The fraction of sp³-hybridized carbons (Fsp3) is 0.500. The maximum absolute atomic E-state index is 12.4. The average molecular weight is 347 g/mol. The Hall–Kier alpha value is -1.60. The molecule has 2 atom stereocenters. The Labute approximate surface area is 135 Å². The lowest BCUT2D eigenvalue weighted by atomic mass is 10.1. The molecule has 2 N–H and O–H groups in total. The number of ether oxygens (including phenoxy) is 2. The molecule has 1 aromatic carbocycles. The van der Waals surface area contributed by atoms with Crippen LogP contribution in [0.5, 0.6) is 5.75 Å². The van der Waals surface area contributed by atoms with Crippen LogP contribution in [0.15, 0.2) is 24.3 Å². The number of aliphatic hydroxyl groups excluding tert-OH is 1. The van der Waals surface area contributed by atoms with E-state index in [4.69, 9.17) is 18.5 Å². The summed E-state index contributed by atoms with van der Waals surface area (Å²) in [5, 5.41) is 12.9. The Morgan fingerprint density at radius 2 is 1.78 bits per heavy atom. The second-order valence-electron chi connectivity index (χ2n) is 4.43. The Morgan fingerprint density at radius 1 is 1.22 bits per heavy atom. The maximum atomic E-state index is 12.4. The fourth-order valence-corrected chi connectivity index (χ4v) is 3.11. The molecule has 23 heavy (non-hydrogen) atoms. The first kappa shape index (κ1) is 19.4. The highest BCUT2D eigenvalue weighted by Gasteiger charge is 2.40. The van der Waals surface area contributed by atoms with Crippen molar-refractivity contribution >= 4 is 13.7 Å². The number of benzene rings is 1. The molecular formula is C14H22NO7P. The maximum Gasteiger partial charge on any atom is 0.407 e. The molecule has 0 aliphatic carbocycles. The van der Waals surface area contributed by atoms with Crippen molar-refractivity contribution in [3.05, 3.63) is 29.8 Å². The van der Waals surface area contributed by atoms with Gasteiger partial charge >= 0.3 is 13.7 Å². The third-order valence-electron chi connectivity index (χ3n) is 3.15. The quantitative estimate of drug-likeness (QED) is 0.695. The summed E-state index contributed by atoms with van der Waals surface area (Å²) >= 11 is 0. The minimum atomic E-state index is -3.83. The van der Waals surface area contributed by atoms with Crippen LogP contribution in [-0.2, 0) is 18.3 Å². The highest BCUT2D eigenvalue weighted by Crippen LogP contribution is 2.54. The van der Waals surface area contributed by atoms with Crippen LogP contribution < -0.4 is 10.1 Å². The van der Waals surface area contributed by atoms with Crippen molar-refractivity contribution in [1.82, 2.24) is 5.32 Å². The number of alkyl carbamates (subject to hydrolysis) is 1. The van der Waals surface area contributed by atoms with E-state index in [2.05, 4.69) is 5.32 Å². The molecule has 0 fully saturated rings. The minimum absolute atomic E-state index is 0.156. The molecule has 0 aromatic heterocycles. The molecule has 0 heterocycles. The highest BCUT2D eigenvalue weighted by molar-refractivity contribution is 7.54. The summed E-state index contributed by atoms with van der Waals surface area (Å²) in [5.41, 5.74) is 0.487. The number of methoxy groups -OCH3 is 1. The lowest BCUT2D eigenvalue weighted by Gasteiger charge is -2.28. The topological polar surface area (TPSA) is 103 Å². The average Bonchev–Trinajstić information content (AvgIpc) is 2.58. The first-order valence-corrected chi connectivity index (χ1v) is 8.49. The van der Waals surface area contributed by atoms with E-state index < -0.39 is 25.6 Å². The molecular weight excluding hydrogens is 325 g/mol. The van der Waals surface area contributed by atoms with Crippen LogP contribution >= 0.6 is 7.60 Å². The summed E-state index contributed by atoms with van der Waals surface area (Å²) in [6.07, 6.45) is -0.758. The summed E-state index contributed by atoms with van der Waals surface area (Å²) in [5.74, 6) is -1.02. The molecule has 0 unspecified atom stereocenters. The van der Waals surface area contributed by atoms with Crippen molar-refractivity contribution in [2.45, 2.75) is 18.8 Å². The van der Waals surface area contributed by atoms with Gasteiger partial charge in [0.1, 0.15) is 5.75 Å². The monoisotopic (exact) mass is 347 g/mol. The number of carbonyl (C=O) groups excluding carboxylic acids is 1. The minimum Gasteiger partial charge on any atom is -0.497 e. The molecule has 0 bridgehead atoms. The Kier molecular flexibility index (Phi) is 7.51. The molecule has 1 rings (SSSR count). The van der Waals surface area contributed by atoms with Crippen molar-refractivity contribution in [2.24, 2.45) is 0 Å². The number of amides is 1. The molecule has 9 heteroatoms. The summed E-state index contributed by atoms with van der Waals surface area (Å²) < 4.78 is 31.9. The van der Waals surface area contributed by atoms with Crippen LogP contribution in [0, 0.1) is 0 Å². The predicted molar refractivity (Wildman–Crippen MR) is 83.5 cm³/mol. The van der Waals surface area contributed by atoms with Gasteiger partial charge in [-0.25, -0.2) is 4.79 Å². The van der Waals surface area contributed by atoms with E-state index in [1.807, 2.05) is 0 Å². The number of rotatable bonds is 8. The van der Waals surface area contributed by atoms with Gasteiger partial charge in [-0.3, -0.25) is 4.57 Å². The summed E-state index contributed by atoms with van der Waals surface area (Å²) in [6, 6.07) is 5.48. The Morgan fingerprint density at radius 3 is 2.22 bits per heavy atom. The molecule has 130 valence electrons. The fourth-order valence-electron chi connectivity index (χ4n) is 1.91. The van der Waals surface area contributed by atoms with Gasteiger partial charge in [-0.1, -0.05) is 12.1 Å². The molecule has 0 saturated carbocycles. The van der Waals surface area contributed by atoms with Crippen LogP contribution in [-0.4, -0.2) is 45.0 Å². The van der Waals surface area contributed by atoms with E-state index in [0.717, 1.165) is 14.2 Å². The number of hydrogen-bond donors (Lipinski definition) is 2. The second-order valence-corrected chi connectivity index (χ2v) is 6.77. The zero-order valence-electron chi connectivity index (χ0n) is 13.5. The van der Waals surface area contributed by atoms with E-state index in [9.17, 15) is 14.5 Å². The van der Waals surface area contributed by atoms with Gasteiger partial charge in [0.15, 0.2) is 5.85 Å². The van der Waals surface area contributed by atoms with E-state index in [1.54, 1.807) is 31.2 Å². The lowest BCUT2D eigenvalue weighted by Crippen LogP contribution is -2.37. The highest BCUT2D eigenvalue weighted by atomic mass is 31.2. The van der Waals surface area contributed by atoms with E-state index in [-0.39, 0.29) is 6.61 Å². The van der Waals surface area contributed by atoms with E-state index in [1.165, 1.54) is 7.11 Å². The van der Waals surface area contributed by atoms with Crippen LogP contribution in [0.2, 0.25) is 0 Å². The van der Waals surface area contributed by atoms with Crippen LogP contribution in [0.1, 0.15) is 18.5 Å². The SMILES string of the molecule is CCOC(=O)N[C@H](c1ccc(OC)cc1)[C@H](O)P(=O)(OC)OC. The van der Waals surface area contributed by atoms with Crippen molar-refractivity contribution in [1.29, 1.82) is 0 Å². The molecule has 1 amide bonds. The summed E-state index contributed by atoms with van der Waals surface area (Å²) in [7, 11) is -0.00619. The van der Waals surface area contributed by atoms with Gasteiger partial charge in [-0.05, 0) is 24.6 Å². The third kappa shape index (κ3) is 4.94. The van der Waals surface area contributed by atoms with Gasteiger partial charge < -0.3 is 28.9 Å². The van der Waals surface area contributed by atoms with Crippen LogP contribution in [0.3, 0.4) is 0 Å². The van der Waals surface area contributed by atoms with Crippen LogP contribution in [0.25, 0.3) is 0 Å². The first-order chi connectivity index (χ1) is 10.9. The summed E-state index contributed by atoms with van der Waals surface area (Å²) in [6.45, 7) is 1.80. The molecule has 0 aliphatic heterocycles. The van der Waals surface area contributed by atoms with E-state index >= 15 is 0 Å². The van der Waals surface area contributed by atoms with Gasteiger partial charge in [-0.15, -0.1) is 0 Å². The Bertz CT molecular complexity index is 541. The standard InChI is InChI=1S/C14H22NO7P/c1-5-22-14(17)15-12(13(16)23(18,20-3)21-4)10-6-8-11(19-2)9-7-10/h6-9,12-13,16H,5H2,1-4H3,(H,15,17)/t12-,13-/m1/s1. The normalized spacial score (nSPS) is 14.0. The molecule has 1 aromatic rings. The van der Waals surface area contributed by atoms with Crippen molar-refractivity contribution in [2.75, 3.05) is 27.9 Å². The number of aliphatic hydroxyl groups is 1. The van der Waals surface area contributed by atoms with Crippen molar-refractivity contribution in [3.63, 3.8) is 0 Å². The van der Waals surface area contributed by atoms with Gasteiger partial charge in [0, 0.05) is 14.2 Å². The third-order valence-corrected chi connectivity index (χ3v) is 5.12. The number of nitrogens with one attached hydrogen (secondary N) is 1. The smallest absolute Gasteiger partial charge is 0.407 e. The molecule has 0 radical (unpaired) electrons. The van der Waals surface area contributed by atoms with Crippen molar-refractivity contribution < 1.29 is 33.0 Å². The first-order valence-electron chi connectivity index (χ1n) is 6.88. The molecule has 8 nitrogen and oxygen atoms in total. The number of hydrogen-bond acceptors (Lipinski definition) is 7. The number of carbonyl (C=O) groups is 1. The predicted octanol–water partition coefficient (Wildman–Crippen LogP) is 2.29. The van der Waals surface area contributed by atoms with Gasteiger partial charge in [0.05, 0.1) is 19.8 Å². The van der Waals surface area contributed by atoms with Gasteiger partial charge in [0.25, 0.3) is 0 Å². The van der Waals surface area contributed by atoms with Gasteiger partial charge in [0.2, 0.25) is 0 Å². The van der Waals surface area contributed by atoms with Crippen LogP contribution in [0.4, 0.5) is 4.79 Å². The molecule has 0 saturated heterocycles. The van der Waals surface area contributed by atoms with Gasteiger partial charge in [-0.2, -0.15) is 0 Å². The largest absolute Gasteiger partial charge is 0.497 e. The zero-order valence-corrected chi connectivity index (χ0v) is 14.4. The Balaban J connectivity index is 3.14. The van der Waals surface area contributed by atoms with E-state index in [0.29, 0.717) is 11.3 Å². The summed E-state index contributed by atoms with van der Waals surface area (Å²) in [4.78, 5) is 11.7. The van der Waals surface area contributed by atoms with Crippen molar-refractivity contribution in [3.8, 4) is 5.75 Å². The second kappa shape index (κ2) is 8.88. The molecule has 0 aliphatic rings.